The average Bonchev–Trinajstić information content (AvgIpc) is 3.11. The van der Waals surface area contributed by atoms with Crippen LogP contribution in [0.3, 0.4) is 0 Å². The van der Waals surface area contributed by atoms with E-state index in [0.717, 1.165) is 22.2 Å². The van der Waals surface area contributed by atoms with Gasteiger partial charge in [-0.1, -0.05) is 29.3 Å². The third-order valence-electron chi connectivity index (χ3n) is 5.04. The van der Waals surface area contributed by atoms with Gasteiger partial charge in [-0.05, 0) is 13.0 Å². The Bertz CT molecular complexity index is 1120. The maximum absolute atomic E-state index is 13.0. The van der Waals surface area contributed by atoms with Gasteiger partial charge in [-0.15, -0.1) is 0 Å². The normalized spacial score (nSPS) is 15.8. The summed E-state index contributed by atoms with van der Waals surface area (Å²) in [6, 6.07) is 5.51. The van der Waals surface area contributed by atoms with Crippen LogP contribution in [0.15, 0.2) is 24.5 Å². The highest BCUT2D eigenvalue weighted by molar-refractivity contribution is 6.45. The number of hydrogen-bond donors (Lipinski definition) is 1. The fraction of sp³-hybridized carbons (Fsp3) is 0.300. The van der Waals surface area contributed by atoms with E-state index in [1.807, 2.05) is 19.1 Å². The van der Waals surface area contributed by atoms with Crippen LogP contribution in [0.5, 0.6) is 5.75 Å². The summed E-state index contributed by atoms with van der Waals surface area (Å²) in [7, 11) is 0. The van der Waals surface area contributed by atoms with Gasteiger partial charge in [-0.2, -0.15) is 5.26 Å². The van der Waals surface area contributed by atoms with Crippen LogP contribution in [0.2, 0.25) is 10.0 Å². The van der Waals surface area contributed by atoms with Crippen molar-refractivity contribution < 1.29 is 9.53 Å². The molecule has 2 aromatic heterocycles. The smallest absolute Gasteiger partial charge is 0.292 e. The van der Waals surface area contributed by atoms with Gasteiger partial charge in [-0.25, -0.2) is 9.97 Å². The summed E-state index contributed by atoms with van der Waals surface area (Å²) in [5, 5.41) is 10.5. The largest absolute Gasteiger partial charge is 0.489 e. The van der Waals surface area contributed by atoms with Gasteiger partial charge < -0.3 is 14.6 Å². The minimum atomic E-state index is -0.249. The quantitative estimate of drug-likeness (QED) is 0.623. The molecule has 0 unspecified atom stereocenters. The summed E-state index contributed by atoms with van der Waals surface area (Å²) in [4.78, 5) is 26.4. The first-order valence-electron chi connectivity index (χ1n) is 9.12. The van der Waals surface area contributed by atoms with Gasteiger partial charge in [0.2, 0.25) is 5.82 Å². The fourth-order valence-electron chi connectivity index (χ4n) is 3.66. The molecule has 1 aromatic carbocycles. The van der Waals surface area contributed by atoms with Crippen LogP contribution >= 0.6 is 23.2 Å². The number of rotatable bonds is 4. The van der Waals surface area contributed by atoms with Crippen molar-refractivity contribution in [2.75, 3.05) is 13.2 Å². The first-order chi connectivity index (χ1) is 14.0. The van der Waals surface area contributed by atoms with Crippen molar-refractivity contribution in [3.63, 3.8) is 0 Å². The average molecular weight is 430 g/mol. The van der Waals surface area contributed by atoms with E-state index >= 15 is 0 Å². The minimum Gasteiger partial charge on any atom is -0.489 e. The molecule has 0 saturated heterocycles. The molecule has 3 heterocycles. The number of benzene rings is 1. The molecule has 0 fully saturated rings. The van der Waals surface area contributed by atoms with Gasteiger partial charge in [-0.3, -0.25) is 4.79 Å². The van der Waals surface area contributed by atoms with Crippen molar-refractivity contribution in [2.24, 2.45) is 0 Å². The van der Waals surface area contributed by atoms with Crippen LogP contribution in [0.25, 0.3) is 10.9 Å². The number of H-pyrrole nitrogens is 1. The van der Waals surface area contributed by atoms with E-state index in [1.165, 1.54) is 12.4 Å². The van der Waals surface area contributed by atoms with Crippen molar-refractivity contribution in [1.29, 1.82) is 5.26 Å². The summed E-state index contributed by atoms with van der Waals surface area (Å²) in [6.45, 7) is 2.77. The van der Waals surface area contributed by atoms with Crippen molar-refractivity contribution in [3.05, 3.63) is 51.7 Å². The Labute approximate surface area is 177 Å². The predicted molar refractivity (Wildman–Crippen MR) is 109 cm³/mol. The number of carbonyl (C=O) groups is 1. The number of hydrogen-bond acceptors (Lipinski definition) is 5. The lowest BCUT2D eigenvalue weighted by molar-refractivity contribution is 0.0665. The third kappa shape index (κ3) is 3.50. The molecule has 148 valence electrons. The molecule has 0 bridgehead atoms. The molecular formula is C20H17Cl2N5O2. The number of aromatic amines is 1. The summed E-state index contributed by atoms with van der Waals surface area (Å²) in [6.07, 6.45) is 3.84. The highest BCUT2D eigenvalue weighted by Gasteiger charge is 2.32. The minimum absolute atomic E-state index is 0.105. The topological polar surface area (TPSA) is 94.9 Å². The van der Waals surface area contributed by atoms with Gasteiger partial charge in [0.1, 0.15) is 6.61 Å². The number of ether oxygens (including phenoxy) is 1. The van der Waals surface area contributed by atoms with Gasteiger partial charge >= 0.3 is 0 Å². The molecule has 29 heavy (non-hydrogen) atoms. The second-order valence-corrected chi connectivity index (χ2v) is 7.51. The SMILES string of the molecule is C[C@@H]1c2c([nH]c3c(Cl)c(Cl)ccc23)CCN1C(=O)c1ncc(OCCC#N)cn1. The molecule has 0 aliphatic carbocycles. The molecule has 4 rings (SSSR count). The third-order valence-corrected chi connectivity index (χ3v) is 5.84. The van der Waals surface area contributed by atoms with Crippen molar-refractivity contribution >= 4 is 40.0 Å². The van der Waals surface area contributed by atoms with Gasteiger partial charge in [0.25, 0.3) is 5.91 Å². The molecule has 1 amide bonds. The Morgan fingerprint density at radius 2 is 2.14 bits per heavy atom. The lowest BCUT2D eigenvalue weighted by Crippen LogP contribution is -2.39. The molecular weight excluding hydrogens is 413 g/mol. The van der Waals surface area contributed by atoms with E-state index in [0.29, 0.717) is 28.8 Å². The number of nitrogens with zero attached hydrogens (tertiary/aromatic N) is 4. The van der Waals surface area contributed by atoms with Crippen molar-refractivity contribution in [1.82, 2.24) is 19.9 Å². The van der Waals surface area contributed by atoms with Crippen LogP contribution in [0.1, 0.15) is 41.3 Å². The van der Waals surface area contributed by atoms with E-state index in [9.17, 15) is 4.79 Å². The molecule has 1 atom stereocenters. The molecule has 0 saturated carbocycles. The van der Waals surface area contributed by atoms with E-state index in [4.69, 9.17) is 33.2 Å². The predicted octanol–water partition coefficient (Wildman–Crippen LogP) is 4.32. The number of halogens is 2. The first-order valence-corrected chi connectivity index (χ1v) is 9.88. The number of nitriles is 1. The number of carbonyl (C=O) groups excluding carboxylic acids is 1. The zero-order chi connectivity index (χ0) is 20.5. The van der Waals surface area contributed by atoms with Crippen LogP contribution in [0.4, 0.5) is 0 Å². The summed E-state index contributed by atoms with van der Waals surface area (Å²) >= 11 is 12.5. The van der Waals surface area contributed by atoms with Gasteiger partial charge in [0.15, 0.2) is 5.75 Å². The van der Waals surface area contributed by atoms with Crippen LogP contribution in [-0.4, -0.2) is 38.9 Å². The number of fused-ring (bicyclic) bond motifs is 3. The summed E-state index contributed by atoms with van der Waals surface area (Å²) < 4.78 is 5.35. The van der Waals surface area contributed by atoms with E-state index in [2.05, 4.69) is 15.0 Å². The lowest BCUT2D eigenvalue weighted by Gasteiger charge is -2.33. The molecule has 1 N–H and O–H groups in total. The number of amides is 1. The Kier molecular flexibility index (Phi) is 5.31. The Hall–Kier alpha value is -2.82. The van der Waals surface area contributed by atoms with Gasteiger partial charge in [0, 0.05) is 29.6 Å². The molecule has 1 aliphatic heterocycles. The van der Waals surface area contributed by atoms with Gasteiger partial charge in [0.05, 0.1) is 46.5 Å². The fourth-order valence-corrected chi connectivity index (χ4v) is 4.03. The maximum atomic E-state index is 13.0. The second kappa shape index (κ2) is 7.90. The molecule has 9 heteroatoms. The first kappa shape index (κ1) is 19.5. The van der Waals surface area contributed by atoms with Crippen LogP contribution in [-0.2, 0) is 6.42 Å². The number of nitrogens with one attached hydrogen (secondary N) is 1. The van der Waals surface area contributed by atoms with Crippen LogP contribution in [0, 0.1) is 11.3 Å². The Morgan fingerprint density at radius 1 is 1.38 bits per heavy atom. The summed E-state index contributed by atoms with van der Waals surface area (Å²) in [5.74, 6) is 0.281. The molecule has 0 radical (unpaired) electrons. The monoisotopic (exact) mass is 429 g/mol. The van der Waals surface area contributed by atoms with Crippen LogP contribution < -0.4 is 4.74 Å². The molecule has 3 aromatic rings. The molecule has 1 aliphatic rings. The highest BCUT2D eigenvalue weighted by Crippen LogP contribution is 2.40. The summed E-state index contributed by atoms with van der Waals surface area (Å²) in [5.41, 5.74) is 2.89. The second-order valence-electron chi connectivity index (χ2n) is 6.72. The number of aromatic nitrogens is 3. The standard InChI is InChI=1S/C20H17Cl2N5O2/c1-11-16-13-3-4-14(21)17(22)18(13)26-15(16)5-7-27(11)20(28)19-24-9-12(10-25-19)29-8-2-6-23/h3-4,9-11,26H,2,5,7-8H2,1H3/t11-/m1/s1. The molecule has 7 nitrogen and oxygen atoms in total. The highest BCUT2D eigenvalue weighted by atomic mass is 35.5. The Balaban J connectivity index is 1.59. The maximum Gasteiger partial charge on any atom is 0.292 e. The van der Waals surface area contributed by atoms with E-state index < -0.39 is 0 Å². The Morgan fingerprint density at radius 3 is 2.86 bits per heavy atom. The van der Waals surface area contributed by atoms with Crippen molar-refractivity contribution in [2.45, 2.75) is 25.8 Å². The van der Waals surface area contributed by atoms with E-state index in [-0.39, 0.29) is 30.8 Å². The zero-order valence-electron chi connectivity index (χ0n) is 15.6. The zero-order valence-corrected chi connectivity index (χ0v) is 17.1. The molecule has 0 spiro atoms. The lowest BCUT2D eigenvalue weighted by atomic mass is 9.97. The van der Waals surface area contributed by atoms with E-state index in [1.54, 1.807) is 11.0 Å². The van der Waals surface area contributed by atoms with Crippen molar-refractivity contribution in [3.8, 4) is 11.8 Å².